The zero-order valence-electron chi connectivity index (χ0n) is 18.0. The lowest BCUT2D eigenvalue weighted by molar-refractivity contribution is -0.129. The third-order valence-corrected chi connectivity index (χ3v) is 5.64. The summed E-state index contributed by atoms with van der Waals surface area (Å²) in [5, 5.41) is 4.10. The molecule has 1 aromatic heterocycles. The van der Waals surface area contributed by atoms with E-state index in [-0.39, 0.29) is 29.5 Å². The molecule has 0 spiro atoms. The lowest BCUT2D eigenvalue weighted by Gasteiger charge is -2.25. The minimum atomic E-state index is -0.0178. The third kappa shape index (κ3) is 4.94. The Labute approximate surface area is 186 Å². The number of hydrogen-bond acceptors (Lipinski definition) is 5. The molecule has 1 aliphatic rings. The molecule has 1 saturated heterocycles. The van der Waals surface area contributed by atoms with Gasteiger partial charge in [-0.2, -0.15) is 4.99 Å². The zero-order valence-corrected chi connectivity index (χ0v) is 18.0. The molecule has 2 N–H and O–H groups in total. The summed E-state index contributed by atoms with van der Waals surface area (Å²) in [5.41, 5.74) is 9.10. The molecule has 164 valence electrons. The van der Waals surface area contributed by atoms with Crippen molar-refractivity contribution in [2.45, 2.75) is 38.5 Å². The van der Waals surface area contributed by atoms with E-state index in [1.165, 1.54) is 4.90 Å². The lowest BCUT2D eigenvalue weighted by atomic mass is 9.93. The number of ketones is 1. The van der Waals surface area contributed by atoms with Crippen LogP contribution in [0.1, 0.15) is 59.3 Å². The SMILES string of the molecule is CC(Cc1cc(N=C(N)N2CCCCC2=O)on1)c1cccc(C(=O)c2ccccc2)c1. The molecule has 0 aliphatic carbocycles. The van der Waals surface area contributed by atoms with Crippen molar-refractivity contribution in [1.82, 2.24) is 10.1 Å². The maximum absolute atomic E-state index is 12.8. The fourth-order valence-electron chi connectivity index (χ4n) is 3.85. The summed E-state index contributed by atoms with van der Waals surface area (Å²) in [6, 6.07) is 18.6. The third-order valence-electron chi connectivity index (χ3n) is 5.64. The Morgan fingerprint density at radius 1 is 1.12 bits per heavy atom. The first-order chi connectivity index (χ1) is 15.5. The molecule has 2 aromatic carbocycles. The highest BCUT2D eigenvalue weighted by Crippen LogP contribution is 2.24. The van der Waals surface area contributed by atoms with Crippen LogP contribution in [0.3, 0.4) is 0 Å². The summed E-state index contributed by atoms with van der Waals surface area (Å²) in [5.74, 6) is 0.506. The summed E-state index contributed by atoms with van der Waals surface area (Å²) in [4.78, 5) is 30.5. The van der Waals surface area contributed by atoms with E-state index in [4.69, 9.17) is 10.3 Å². The molecule has 1 fully saturated rings. The van der Waals surface area contributed by atoms with E-state index >= 15 is 0 Å². The molecule has 1 atom stereocenters. The van der Waals surface area contributed by atoms with Crippen LogP contribution in [0.2, 0.25) is 0 Å². The number of nitrogens with two attached hydrogens (primary N) is 1. The minimum Gasteiger partial charge on any atom is -0.369 e. The first-order valence-corrected chi connectivity index (χ1v) is 10.8. The monoisotopic (exact) mass is 430 g/mol. The van der Waals surface area contributed by atoms with Gasteiger partial charge in [0, 0.05) is 30.2 Å². The van der Waals surface area contributed by atoms with Crippen LogP contribution in [0.25, 0.3) is 0 Å². The van der Waals surface area contributed by atoms with Crippen LogP contribution in [0.5, 0.6) is 0 Å². The molecule has 7 nitrogen and oxygen atoms in total. The summed E-state index contributed by atoms with van der Waals surface area (Å²) >= 11 is 0. The van der Waals surface area contributed by atoms with Crippen molar-refractivity contribution in [3.8, 4) is 0 Å². The molecular weight excluding hydrogens is 404 g/mol. The Balaban J connectivity index is 1.44. The van der Waals surface area contributed by atoms with E-state index in [0.29, 0.717) is 30.5 Å². The van der Waals surface area contributed by atoms with Crippen LogP contribution in [0.4, 0.5) is 5.88 Å². The van der Waals surface area contributed by atoms with E-state index in [2.05, 4.69) is 17.1 Å². The number of nitrogens with zero attached hydrogens (tertiary/aromatic N) is 3. The van der Waals surface area contributed by atoms with Crippen molar-refractivity contribution >= 4 is 23.5 Å². The largest absolute Gasteiger partial charge is 0.369 e. The van der Waals surface area contributed by atoms with Crippen molar-refractivity contribution in [3.63, 3.8) is 0 Å². The molecule has 0 bridgehead atoms. The van der Waals surface area contributed by atoms with E-state index in [0.717, 1.165) is 24.1 Å². The van der Waals surface area contributed by atoms with Gasteiger partial charge in [-0.1, -0.05) is 60.6 Å². The fourth-order valence-corrected chi connectivity index (χ4v) is 3.85. The number of guanidine groups is 1. The van der Waals surface area contributed by atoms with Gasteiger partial charge in [0.15, 0.2) is 5.78 Å². The Morgan fingerprint density at radius 2 is 1.91 bits per heavy atom. The summed E-state index contributed by atoms with van der Waals surface area (Å²) in [6.45, 7) is 2.65. The summed E-state index contributed by atoms with van der Waals surface area (Å²) in [7, 11) is 0. The van der Waals surface area contributed by atoms with Crippen LogP contribution in [0, 0.1) is 0 Å². The standard InChI is InChI=1S/C25H26N4O3/c1-17(19-10-7-11-20(15-19)24(31)18-8-3-2-4-9-18)14-21-16-22(32-28-21)27-25(26)29-13-6-5-12-23(29)30/h2-4,7-11,15-17H,5-6,12-14H2,1H3,(H2,26,27). The number of rotatable bonds is 6. The summed E-state index contributed by atoms with van der Waals surface area (Å²) < 4.78 is 5.31. The van der Waals surface area contributed by atoms with Gasteiger partial charge in [0.25, 0.3) is 5.88 Å². The van der Waals surface area contributed by atoms with Crippen LogP contribution in [0.15, 0.2) is 70.2 Å². The Bertz CT molecular complexity index is 1140. The number of hydrogen-bond donors (Lipinski definition) is 1. The Hall–Kier alpha value is -3.74. The Kier molecular flexibility index (Phi) is 6.44. The van der Waals surface area contributed by atoms with Gasteiger partial charge in [-0.05, 0) is 36.8 Å². The van der Waals surface area contributed by atoms with Crippen molar-refractivity contribution in [1.29, 1.82) is 0 Å². The second-order valence-corrected chi connectivity index (χ2v) is 8.05. The number of piperidine rings is 1. The van der Waals surface area contributed by atoms with Gasteiger partial charge in [0.2, 0.25) is 11.9 Å². The average molecular weight is 431 g/mol. The first kappa shape index (κ1) is 21.5. The normalized spacial score (nSPS) is 15.6. The number of carbonyl (C=O) groups is 2. The highest BCUT2D eigenvalue weighted by Gasteiger charge is 2.21. The maximum Gasteiger partial charge on any atom is 0.253 e. The number of amides is 1. The van der Waals surface area contributed by atoms with Crippen LogP contribution in [-0.4, -0.2) is 34.3 Å². The van der Waals surface area contributed by atoms with Crippen molar-refractivity contribution in [2.75, 3.05) is 6.54 Å². The fraction of sp³-hybridized carbons (Fsp3) is 0.280. The highest BCUT2D eigenvalue weighted by molar-refractivity contribution is 6.09. The van der Waals surface area contributed by atoms with Gasteiger partial charge >= 0.3 is 0 Å². The average Bonchev–Trinajstić information content (AvgIpc) is 3.26. The number of benzene rings is 2. The van der Waals surface area contributed by atoms with E-state index in [1.807, 2.05) is 54.6 Å². The first-order valence-electron chi connectivity index (χ1n) is 10.8. The molecule has 3 aromatic rings. The smallest absolute Gasteiger partial charge is 0.253 e. The quantitative estimate of drug-likeness (QED) is 0.359. The predicted molar refractivity (Wildman–Crippen MR) is 122 cm³/mol. The van der Waals surface area contributed by atoms with Gasteiger partial charge in [-0.25, -0.2) is 0 Å². The number of aromatic nitrogens is 1. The molecule has 2 heterocycles. The van der Waals surface area contributed by atoms with Gasteiger partial charge in [0.05, 0.1) is 5.69 Å². The van der Waals surface area contributed by atoms with Gasteiger partial charge < -0.3 is 10.3 Å². The van der Waals surface area contributed by atoms with E-state index < -0.39 is 0 Å². The zero-order chi connectivity index (χ0) is 22.5. The molecule has 1 unspecified atom stereocenters. The molecule has 4 rings (SSSR count). The molecule has 1 amide bonds. The van der Waals surface area contributed by atoms with Crippen molar-refractivity contribution < 1.29 is 14.1 Å². The van der Waals surface area contributed by atoms with Gasteiger partial charge in [-0.3, -0.25) is 14.5 Å². The van der Waals surface area contributed by atoms with E-state index in [1.54, 1.807) is 6.07 Å². The lowest BCUT2D eigenvalue weighted by Crippen LogP contribution is -2.44. The van der Waals surface area contributed by atoms with Gasteiger partial charge in [-0.15, -0.1) is 0 Å². The number of carbonyl (C=O) groups excluding carboxylic acids is 2. The number of aliphatic imine (C=N–C) groups is 1. The number of likely N-dealkylation sites (tertiary alicyclic amines) is 1. The van der Waals surface area contributed by atoms with Gasteiger partial charge in [0.1, 0.15) is 0 Å². The Morgan fingerprint density at radius 3 is 2.69 bits per heavy atom. The van der Waals surface area contributed by atoms with E-state index in [9.17, 15) is 9.59 Å². The maximum atomic E-state index is 12.8. The van der Waals surface area contributed by atoms with Crippen molar-refractivity contribution in [3.05, 3.63) is 83.0 Å². The minimum absolute atomic E-state index is 0.000412. The molecular formula is C25H26N4O3. The molecule has 0 saturated carbocycles. The van der Waals surface area contributed by atoms with Crippen LogP contribution >= 0.6 is 0 Å². The van der Waals surface area contributed by atoms with Crippen LogP contribution in [-0.2, 0) is 11.2 Å². The molecule has 32 heavy (non-hydrogen) atoms. The second-order valence-electron chi connectivity index (χ2n) is 8.05. The molecule has 1 aliphatic heterocycles. The second kappa shape index (κ2) is 9.60. The topological polar surface area (TPSA) is 102 Å². The van der Waals surface area contributed by atoms with Crippen LogP contribution < -0.4 is 5.73 Å². The predicted octanol–water partition coefficient (Wildman–Crippen LogP) is 4.21. The summed E-state index contributed by atoms with van der Waals surface area (Å²) in [6.07, 6.45) is 2.89. The molecule has 7 heteroatoms. The van der Waals surface area contributed by atoms with Crippen molar-refractivity contribution in [2.24, 2.45) is 10.7 Å². The highest BCUT2D eigenvalue weighted by atomic mass is 16.5. The molecule has 0 radical (unpaired) electrons.